The lowest BCUT2D eigenvalue weighted by molar-refractivity contribution is -0.161. The van der Waals surface area contributed by atoms with E-state index in [9.17, 15) is 14.7 Å². The van der Waals surface area contributed by atoms with Crippen LogP contribution in [0.25, 0.3) is 0 Å². The maximum atomic E-state index is 12.3. The molecule has 0 saturated carbocycles. The molecule has 0 aromatic heterocycles. The van der Waals surface area contributed by atoms with Crippen LogP contribution in [0.1, 0.15) is 219 Å². The van der Waals surface area contributed by atoms with Crippen LogP contribution in [0.5, 0.6) is 0 Å². The van der Waals surface area contributed by atoms with Crippen LogP contribution in [0.4, 0.5) is 0 Å². The molecule has 1 unspecified atom stereocenters. The van der Waals surface area contributed by atoms with Crippen molar-refractivity contribution in [3.05, 3.63) is 146 Å². The summed E-state index contributed by atoms with van der Waals surface area (Å²) in [5, 5.41) is 9.65. The van der Waals surface area contributed by atoms with Gasteiger partial charge in [-0.1, -0.05) is 237 Å². The summed E-state index contributed by atoms with van der Waals surface area (Å²) in [5.74, 6) is -0.619. The van der Waals surface area contributed by atoms with Gasteiger partial charge in [0.25, 0.3) is 0 Å². The Labute approximate surface area is 418 Å². The summed E-state index contributed by atoms with van der Waals surface area (Å²) in [6.07, 6.45) is 86.6. The minimum Gasteiger partial charge on any atom is -0.462 e. The summed E-state index contributed by atoms with van der Waals surface area (Å²) in [7, 11) is 0. The fraction of sp³-hybridized carbons (Fsp3) is 0.587. The highest BCUT2D eigenvalue weighted by Crippen LogP contribution is 2.14. The third kappa shape index (κ3) is 54.4. The molecule has 0 bridgehead atoms. The van der Waals surface area contributed by atoms with Crippen molar-refractivity contribution in [2.75, 3.05) is 13.2 Å². The molecule has 5 heteroatoms. The van der Waals surface area contributed by atoms with E-state index >= 15 is 0 Å². The lowest BCUT2D eigenvalue weighted by atomic mass is 10.1. The van der Waals surface area contributed by atoms with Crippen LogP contribution in [-0.2, 0) is 19.1 Å². The van der Waals surface area contributed by atoms with Crippen molar-refractivity contribution in [3.8, 4) is 0 Å². The van der Waals surface area contributed by atoms with Gasteiger partial charge in [0.15, 0.2) is 6.10 Å². The maximum absolute atomic E-state index is 12.3. The Balaban J connectivity index is 3.61. The highest BCUT2D eigenvalue weighted by molar-refractivity contribution is 5.70. The molecule has 0 aromatic carbocycles. The monoisotopic (exact) mass is 937 g/mol. The van der Waals surface area contributed by atoms with Crippen molar-refractivity contribution in [2.45, 2.75) is 225 Å². The normalized spacial score (nSPS) is 13.4. The summed E-state index contributed by atoms with van der Waals surface area (Å²) in [6.45, 7) is 3.89. The van der Waals surface area contributed by atoms with Gasteiger partial charge in [-0.3, -0.25) is 9.59 Å². The molecule has 0 fully saturated rings. The molecule has 1 atom stereocenters. The molecule has 382 valence electrons. The van der Waals surface area contributed by atoms with Crippen molar-refractivity contribution in [1.29, 1.82) is 0 Å². The number of esters is 2. The zero-order valence-corrected chi connectivity index (χ0v) is 43.6. The maximum Gasteiger partial charge on any atom is 0.306 e. The van der Waals surface area contributed by atoms with Crippen LogP contribution in [0, 0.1) is 0 Å². The van der Waals surface area contributed by atoms with Crippen LogP contribution in [0.2, 0.25) is 0 Å². The molecular weight excluding hydrogens is 837 g/mol. The van der Waals surface area contributed by atoms with Gasteiger partial charge in [0, 0.05) is 12.8 Å². The fourth-order valence-corrected chi connectivity index (χ4v) is 7.09. The van der Waals surface area contributed by atoms with E-state index < -0.39 is 6.10 Å². The number of carbonyl (C=O) groups excluding carboxylic acids is 2. The molecule has 0 amide bonds. The Morgan fingerprint density at radius 1 is 0.338 bits per heavy atom. The van der Waals surface area contributed by atoms with E-state index in [1.165, 1.54) is 64.2 Å². The smallest absolute Gasteiger partial charge is 0.306 e. The lowest BCUT2D eigenvalue weighted by Gasteiger charge is -2.15. The summed E-state index contributed by atoms with van der Waals surface area (Å²) < 4.78 is 10.7. The first-order valence-corrected chi connectivity index (χ1v) is 27.4. The molecule has 0 aromatic rings. The molecule has 1 N–H and O–H groups in total. The van der Waals surface area contributed by atoms with Crippen LogP contribution >= 0.6 is 0 Å². The first-order valence-electron chi connectivity index (χ1n) is 27.4. The number of aliphatic hydroxyl groups is 1. The van der Waals surface area contributed by atoms with Gasteiger partial charge >= 0.3 is 11.9 Å². The van der Waals surface area contributed by atoms with Gasteiger partial charge in [0.1, 0.15) is 6.61 Å². The Bertz CT molecular complexity index is 1480. The van der Waals surface area contributed by atoms with E-state index in [4.69, 9.17) is 9.47 Å². The molecule has 0 saturated heterocycles. The first-order chi connectivity index (χ1) is 33.6. The number of rotatable bonds is 48. The third-order valence-corrected chi connectivity index (χ3v) is 11.1. The molecule has 0 rings (SSSR count). The number of unbranched alkanes of at least 4 members (excludes halogenated alkanes) is 16. The SMILES string of the molecule is CC/C=C\C/C=C\C/C=C\C/C=C\C/C=C\C/C=C\C/C=C\C/C=C\CCCCCCCCCCC(=O)OC(CO)COC(=O)CCCCCCCCCC/C=C\C/C=C\C/C=C\C/C=C\CC. The summed E-state index contributed by atoms with van der Waals surface area (Å²) in [6, 6.07) is 0. The molecule has 0 radical (unpaired) electrons. The minimum atomic E-state index is -0.792. The Kier molecular flexibility index (Phi) is 53.6. The number of allylic oxidation sites excluding steroid dienone is 24. The molecule has 5 nitrogen and oxygen atoms in total. The second-order valence-electron chi connectivity index (χ2n) is 17.5. The zero-order valence-electron chi connectivity index (χ0n) is 43.6. The Hall–Kier alpha value is -4.22. The molecule has 0 aliphatic rings. The van der Waals surface area contributed by atoms with Gasteiger partial charge in [0.05, 0.1) is 6.61 Å². The third-order valence-electron chi connectivity index (χ3n) is 11.1. The molecule has 0 aliphatic heterocycles. The highest BCUT2D eigenvalue weighted by atomic mass is 16.6. The van der Waals surface area contributed by atoms with E-state index in [1.54, 1.807) is 0 Å². The van der Waals surface area contributed by atoms with Crippen molar-refractivity contribution >= 4 is 11.9 Å². The Morgan fingerprint density at radius 3 is 0.882 bits per heavy atom. The molecule has 0 spiro atoms. The minimum absolute atomic E-state index is 0.0828. The summed E-state index contributed by atoms with van der Waals surface area (Å²) in [4.78, 5) is 24.5. The van der Waals surface area contributed by atoms with Crippen LogP contribution in [0.3, 0.4) is 0 Å². The lowest BCUT2D eigenvalue weighted by Crippen LogP contribution is -2.28. The number of aliphatic hydroxyl groups excluding tert-OH is 1. The predicted octanol–water partition coefficient (Wildman–Crippen LogP) is 18.6. The standard InChI is InChI=1S/C63H100O5/c1-3-5-7-9-11-13-15-17-19-21-23-25-26-27-28-29-30-31-32-33-34-35-36-38-40-42-44-46-48-50-52-54-56-58-63(66)68-61(59-64)60-67-62(65)57-55-53-51-49-47-45-43-41-39-37-24-22-20-18-16-14-12-10-8-6-4-2/h5-8,11-14,17-20,23-25,27-28,30-31,33-34,36-38,61,64H,3-4,9-10,15-16,21-22,26,29,32,35,39-60H2,1-2H3/b7-5-,8-6-,13-11-,14-12-,19-17-,20-18-,25-23-,28-27-,31-30-,34-33-,37-24-,38-36-. The van der Waals surface area contributed by atoms with Gasteiger partial charge in [-0.2, -0.15) is 0 Å². The molecule has 0 aliphatic carbocycles. The van der Waals surface area contributed by atoms with Crippen molar-refractivity contribution in [1.82, 2.24) is 0 Å². The van der Waals surface area contributed by atoms with Gasteiger partial charge in [-0.05, 0) is 116 Å². The molecule has 68 heavy (non-hydrogen) atoms. The van der Waals surface area contributed by atoms with Gasteiger partial charge in [-0.25, -0.2) is 0 Å². The van der Waals surface area contributed by atoms with E-state index in [-0.39, 0.29) is 25.2 Å². The second kappa shape index (κ2) is 57.1. The largest absolute Gasteiger partial charge is 0.462 e. The number of hydrogen-bond donors (Lipinski definition) is 1. The van der Waals surface area contributed by atoms with E-state index in [2.05, 4.69) is 160 Å². The van der Waals surface area contributed by atoms with E-state index in [0.717, 1.165) is 128 Å². The van der Waals surface area contributed by atoms with Gasteiger partial charge in [-0.15, -0.1) is 0 Å². The van der Waals surface area contributed by atoms with Gasteiger partial charge < -0.3 is 14.6 Å². The Morgan fingerprint density at radius 2 is 0.588 bits per heavy atom. The van der Waals surface area contributed by atoms with Gasteiger partial charge in [0.2, 0.25) is 0 Å². The summed E-state index contributed by atoms with van der Waals surface area (Å²) in [5.41, 5.74) is 0. The van der Waals surface area contributed by atoms with Crippen molar-refractivity contribution in [2.24, 2.45) is 0 Å². The van der Waals surface area contributed by atoms with E-state index in [0.29, 0.717) is 12.8 Å². The molecule has 0 heterocycles. The average Bonchev–Trinajstić information content (AvgIpc) is 3.34. The van der Waals surface area contributed by atoms with Crippen molar-refractivity contribution in [3.63, 3.8) is 0 Å². The van der Waals surface area contributed by atoms with Crippen LogP contribution < -0.4 is 0 Å². The van der Waals surface area contributed by atoms with E-state index in [1.807, 2.05) is 0 Å². The quantitative estimate of drug-likeness (QED) is 0.0374. The second-order valence-corrected chi connectivity index (χ2v) is 17.5. The van der Waals surface area contributed by atoms with Crippen molar-refractivity contribution < 1.29 is 24.2 Å². The number of ether oxygens (including phenoxy) is 2. The average molecular weight is 937 g/mol. The first kappa shape index (κ1) is 63.8. The zero-order chi connectivity index (χ0) is 49.2. The van der Waals surface area contributed by atoms with Crippen LogP contribution in [0.15, 0.2) is 146 Å². The summed E-state index contributed by atoms with van der Waals surface area (Å²) >= 11 is 0. The predicted molar refractivity (Wildman–Crippen MR) is 297 cm³/mol. The number of hydrogen-bond acceptors (Lipinski definition) is 5. The van der Waals surface area contributed by atoms with Crippen LogP contribution in [-0.4, -0.2) is 36.4 Å². The fourth-order valence-electron chi connectivity index (χ4n) is 7.09. The highest BCUT2D eigenvalue weighted by Gasteiger charge is 2.16. The topological polar surface area (TPSA) is 72.8 Å². The number of carbonyl (C=O) groups is 2. The molecular formula is C63H100O5.